The smallest absolute Gasteiger partial charge is 0.294 e. The second-order valence-electron chi connectivity index (χ2n) is 5.20. The van der Waals surface area contributed by atoms with Gasteiger partial charge in [-0.1, -0.05) is 23.9 Å². The molecule has 0 aliphatic heterocycles. The van der Waals surface area contributed by atoms with Crippen LogP contribution in [0.25, 0.3) is 22.1 Å². The maximum atomic E-state index is 12.2. The Morgan fingerprint density at radius 2 is 2.00 bits per heavy atom. The summed E-state index contributed by atoms with van der Waals surface area (Å²) in [5.74, 6) is 1.82. The molecule has 1 aromatic carbocycles. The molecule has 0 radical (unpaired) electrons. The second-order valence-corrected chi connectivity index (χ2v) is 6.13. The average Bonchev–Trinajstić information content (AvgIpc) is 3.07. The van der Waals surface area contributed by atoms with Gasteiger partial charge in [0.2, 0.25) is 5.58 Å². The Balaban J connectivity index is 1.72. The summed E-state index contributed by atoms with van der Waals surface area (Å²) >= 11 is 1.39. The number of para-hydroxylation sites is 1. The molecule has 0 amide bonds. The summed E-state index contributed by atoms with van der Waals surface area (Å²) in [6.07, 6.45) is 0. The van der Waals surface area contributed by atoms with Crippen LogP contribution in [-0.2, 0) is 5.75 Å². The van der Waals surface area contributed by atoms with Crippen LogP contribution in [-0.4, -0.2) is 15.0 Å². The number of aromatic amines is 1. The molecule has 0 saturated carbocycles. The predicted octanol–water partition coefficient (Wildman–Crippen LogP) is 3.57. The lowest BCUT2D eigenvalue weighted by Crippen LogP contribution is -2.10. The molecule has 116 valence electrons. The van der Waals surface area contributed by atoms with Crippen molar-refractivity contribution < 1.29 is 8.83 Å². The van der Waals surface area contributed by atoms with Crippen molar-refractivity contribution in [3.05, 3.63) is 51.9 Å². The number of benzene rings is 1. The first kappa shape index (κ1) is 14.1. The first-order chi connectivity index (χ1) is 11.1. The minimum Gasteiger partial charge on any atom is -0.449 e. The van der Waals surface area contributed by atoms with Crippen molar-refractivity contribution in [3.8, 4) is 0 Å². The van der Waals surface area contributed by atoms with Gasteiger partial charge in [0, 0.05) is 5.39 Å². The zero-order valence-electron chi connectivity index (χ0n) is 12.5. The fraction of sp³-hybridized carbons (Fsp3) is 0.188. The molecule has 0 aliphatic carbocycles. The van der Waals surface area contributed by atoms with Crippen LogP contribution < -0.4 is 5.56 Å². The Hall–Kier alpha value is -2.54. The predicted molar refractivity (Wildman–Crippen MR) is 87.7 cm³/mol. The highest BCUT2D eigenvalue weighted by molar-refractivity contribution is 7.98. The van der Waals surface area contributed by atoms with Crippen molar-refractivity contribution >= 4 is 33.8 Å². The summed E-state index contributed by atoms with van der Waals surface area (Å²) in [4.78, 5) is 23.8. The number of hydrogen-bond donors (Lipinski definition) is 1. The summed E-state index contributed by atoms with van der Waals surface area (Å²) in [6, 6.07) is 7.48. The van der Waals surface area contributed by atoms with Gasteiger partial charge < -0.3 is 13.8 Å². The van der Waals surface area contributed by atoms with Gasteiger partial charge in [-0.15, -0.1) is 0 Å². The van der Waals surface area contributed by atoms with Crippen molar-refractivity contribution in [2.24, 2.45) is 0 Å². The zero-order chi connectivity index (χ0) is 16.0. The third-order valence-electron chi connectivity index (χ3n) is 3.62. The van der Waals surface area contributed by atoms with E-state index < -0.39 is 0 Å². The molecular weight excluding hydrogens is 314 g/mol. The first-order valence-electron chi connectivity index (χ1n) is 7.09. The molecule has 3 aromatic heterocycles. The molecule has 0 bridgehead atoms. The molecule has 0 aliphatic rings. The van der Waals surface area contributed by atoms with Gasteiger partial charge in [0.15, 0.2) is 0 Å². The van der Waals surface area contributed by atoms with Crippen molar-refractivity contribution in [3.63, 3.8) is 0 Å². The minimum absolute atomic E-state index is 0.253. The summed E-state index contributed by atoms with van der Waals surface area (Å²) in [5.41, 5.74) is 2.08. The Labute approximate surface area is 134 Å². The van der Waals surface area contributed by atoms with Crippen molar-refractivity contribution in [1.82, 2.24) is 15.0 Å². The fourth-order valence-electron chi connectivity index (χ4n) is 2.35. The third-order valence-corrected chi connectivity index (χ3v) is 4.46. The van der Waals surface area contributed by atoms with Crippen LogP contribution in [0.4, 0.5) is 0 Å². The number of hydrogen-bond acceptors (Lipinski definition) is 6. The van der Waals surface area contributed by atoms with Crippen LogP contribution in [0.3, 0.4) is 0 Å². The van der Waals surface area contributed by atoms with Crippen LogP contribution in [0, 0.1) is 13.8 Å². The summed E-state index contributed by atoms with van der Waals surface area (Å²) in [6.45, 7) is 3.77. The van der Waals surface area contributed by atoms with E-state index in [1.54, 1.807) is 0 Å². The quantitative estimate of drug-likeness (QED) is 0.579. The van der Waals surface area contributed by atoms with E-state index >= 15 is 0 Å². The molecule has 6 nitrogen and oxygen atoms in total. The van der Waals surface area contributed by atoms with E-state index in [2.05, 4.69) is 15.0 Å². The molecule has 0 fully saturated rings. The Morgan fingerprint density at radius 1 is 1.17 bits per heavy atom. The standard InChI is InChI=1S/C16H13N3O3S/c1-8-9(2)21-16(17-8)23-7-12-18-13-10-5-3-4-6-11(10)22-14(13)15(20)19-12/h3-6H,7H2,1-2H3,(H,18,19,20). The third kappa shape index (κ3) is 2.43. The highest BCUT2D eigenvalue weighted by Crippen LogP contribution is 2.26. The molecule has 1 N–H and O–H groups in total. The summed E-state index contributed by atoms with van der Waals surface area (Å²) in [7, 11) is 0. The highest BCUT2D eigenvalue weighted by atomic mass is 32.2. The van der Waals surface area contributed by atoms with Crippen LogP contribution in [0.15, 0.2) is 43.1 Å². The van der Waals surface area contributed by atoms with Gasteiger partial charge >= 0.3 is 0 Å². The largest absolute Gasteiger partial charge is 0.449 e. The van der Waals surface area contributed by atoms with Gasteiger partial charge in [-0.05, 0) is 26.0 Å². The SMILES string of the molecule is Cc1nc(SCc2nc3c(oc4ccccc43)c(=O)[nH]2)oc1C. The van der Waals surface area contributed by atoms with Crippen LogP contribution in [0.1, 0.15) is 17.3 Å². The number of thioether (sulfide) groups is 1. The van der Waals surface area contributed by atoms with E-state index in [1.165, 1.54) is 11.8 Å². The fourth-order valence-corrected chi connectivity index (χ4v) is 3.13. The van der Waals surface area contributed by atoms with E-state index in [9.17, 15) is 4.79 Å². The molecule has 0 saturated heterocycles. The minimum atomic E-state index is -0.276. The van der Waals surface area contributed by atoms with Crippen LogP contribution in [0.5, 0.6) is 0 Å². The number of furan rings is 1. The molecule has 0 atom stereocenters. The van der Waals surface area contributed by atoms with Gasteiger partial charge in [0.25, 0.3) is 10.8 Å². The number of nitrogens with one attached hydrogen (secondary N) is 1. The Morgan fingerprint density at radius 3 is 2.78 bits per heavy atom. The molecule has 23 heavy (non-hydrogen) atoms. The van der Waals surface area contributed by atoms with Gasteiger partial charge in [-0.2, -0.15) is 0 Å². The highest BCUT2D eigenvalue weighted by Gasteiger charge is 2.14. The van der Waals surface area contributed by atoms with Crippen LogP contribution >= 0.6 is 11.8 Å². The monoisotopic (exact) mass is 327 g/mol. The van der Waals surface area contributed by atoms with Gasteiger partial charge in [0.05, 0.1) is 11.4 Å². The molecule has 0 spiro atoms. The normalized spacial score (nSPS) is 11.6. The van der Waals surface area contributed by atoms with Crippen LogP contribution in [0.2, 0.25) is 0 Å². The molecule has 0 unspecified atom stereocenters. The lowest BCUT2D eigenvalue weighted by Gasteiger charge is -1.98. The zero-order valence-corrected chi connectivity index (χ0v) is 13.4. The number of rotatable bonds is 3. The van der Waals surface area contributed by atoms with E-state index in [0.717, 1.165) is 16.8 Å². The number of aryl methyl sites for hydroxylation is 2. The lowest BCUT2D eigenvalue weighted by molar-refractivity contribution is 0.431. The number of nitrogens with zero attached hydrogens (tertiary/aromatic N) is 2. The van der Waals surface area contributed by atoms with Crippen molar-refractivity contribution in [1.29, 1.82) is 0 Å². The Kier molecular flexibility index (Phi) is 3.23. The molecule has 3 heterocycles. The number of H-pyrrole nitrogens is 1. The number of oxazole rings is 1. The number of aromatic nitrogens is 3. The molecule has 4 aromatic rings. The maximum Gasteiger partial charge on any atom is 0.294 e. The lowest BCUT2D eigenvalue weighted by atomic mass is 10.2. The van der Waals surface area contributed by atoms with Crippen molar-refractivity contribution in [2.75, 3.05) is 0 Å². The Bertz CT molecular complexity index is 1060. The van der Waals surface area contributed by atoms with Gasteiger partial charge in [-0.25, -0.2) is 9.97 Å². The van der Waals surface area contributed by atoms with E-state index in [0.29, 0.717) is 27.9 Å². The first-order valence-corrected chi connectivity index (χ1v) is 8.07. The van der Waals surface area contributed by atoms with E-state index in [1.807, 2.05) is 38.1 Å². The summed E-state index contributed by atoms with van der Waals surface area (Å²) in [5, 5.41) is 1.41. The van der Waals surface area contributed by atoms with E-state index in [-0.39, 0.29) is 11.1 Å². The van der Waals surface area contributed by atoms with E-state index in [4.69, 9.17) is 8.83 Å². The topological polar surface area (TPSA) is 84.9 Å². The molecule has 4 rings (SSSR count). The molecule has 7 heteroatoms. The maximum absolute atomic E-state index is 12.2. The molecular formula is C16H13N3O3S. The number of fused-ring (bicyclic) bond motifs is 3. The van der Waals surface area contributed by atoms with Gasteiger partial charge in [0.1, 0.15) is 22.7 Å². The van der Waals surface area contributed by atoms with Crippen molar-refractivity contribution in [2.45, 2.75) is 24.8 Å². The van der Waals surface area contributed by atoms with Gasteiger partial charge in [-0.3, -0.25) is 4.79 Å². The summed E-state index contributed by atoms with van der Waals surface area (Å²) < 4.78 is 11.1. The second kappa shape index (κ2) is 5.27. The average molecular weight is 327 g/mol.